The van der Waals surface area contributed by atoms with E-state index in [9.17, 15) is 26.0 Å². The van der Waals surface area contributed by atoms with Crippen LogP contribution in [0.15, 0.2) is 57.2 Å². The van der Waals surface area contributed by atoms with Crippen molar-refractivity contribution in [3.05, 3.63) is 53.1 Å². The van der Waals surface area contributed by atoms with Gasteiger partial charge in [0, 0.05) is 13.1 Å². The number of benzene rings is 2. The van der Waals surface area contributed by atoms with Crippen LogP contribution in [-0.2, 0) is 31.4 Å². The summed E-state index contributed by atoms with van der Waals surface area (Å²) >= 11 is 1.08. The molecule has 1 fully saturated rings. The molecule has 0 aliphatic carbocycles. The van der Waals surface area contributed by atoms with E-state index in [1.165, 1.54) is 28.6 Å². The number of sulfonamides is 2. The largest absolute Gasteiger partial charge is 0.305 e. The van der Waals surface area contributed by atoms with E-state index < -0.39 is 37.7 Å². The van der Waals surface area contributed by atoms with Crippen molar-refractivity contribution >= 4 is 47.5 Å². The normalized spacial score (nSPS) is 18.0. The maximum Gasteiger partial charge on any atom is 0.252 e. The van der Waals surface area contributed by atoms with E-state index in [0.717, 1.165) is 23.5 Å². The number of nitrogens with zero attached hydrogens (tertiary/aromatic N) is 3. The zero-order valence-corrected chi connectivity index (χ0v) is 20.7. The smallest absolute Gasteiger partial charge is 0.252 e. The summed E-state index contributed by atoms with van der Waals surface area (Å²) in [4.78, 5) is 17.4. The van der Waals surface area contributed by atoms with E-state index in [0.29, 0.717) is 23.1 Å². The number of carbonyl (C=O) groups excluding carboxylic acids is 1. The number of primary sulfonamides is 1. The highest BCUT2D eigenvalue weighted by Gasteiger charge is 2.33. The molecule has 184 valence electrons. The van der Waals surface area contributed by atoms with Crippen molar-refractivity contribution in [1.82, 2.24) is 8.87 Å². The fourth-order valence-corrected chi connectivity index (χ4v) is 7.08. The number of nitrogens with two attached hydrogens (primary N) is 1. The molecular formula is C22H21FN4O5S3. The molecule has 1 aromatic heterocycles. The number of halogens is 1. The van der Waals surface area contributed by atoms with Gasteiger partial charge in [0.15, 0.2) is 4.80 Å². The first-order valence-corrected chi connectivity index (χ1v) is 14.2. The topological polar surface area (TPSA) is 132 Å². The molecule has 0 spiro atoms. The summed E-state index contributed by atoms with van der Waals surface area (Å²) < 4.78 is 65.9. The Morgan fingerprint density at radius 2 is 1.86 bits per heavy atom. The lowest BCUT2D eigenvalue weighted by molar-refractivity contribution is -0.122. The van der Waals surface area contributed by atoms with Gasteiger partial charge in [-0.25, -0.2) is 26.4 Å². The molecule has 0 saturated carbocycles. The molecule has 9 nitrogen and oxygen atoms in total. The van der Waals surface area contributed by atoms with Gasteiger partial charge in [0.1, 0.15) is 5.82 Å². The number of thiazole rings is 1. The van der Waals surface area contributed by atoms with Gasteiger partial charge < -0.3 is 4.57 Å². The minimum atomic E-state index is -3.92. The van der Waals surface area contributed by atoms with Crippen molar-refractivity contribution in [3.8, 4) is 12.3 Å². The van der Waals surface area contributed by atoms with Crippen molar-refractivity contribution in [1.29, 1.82) is 0 Å². The van der Waals surface area contributed by atoms with Crippen LogP contribution in [0.2, 0.25) is 0 Å². The molecule has 2 aromatic carbocycles. The minimum absolute atomic E-state index is 0.0500. The van der Waals surface area contributed by atoms with Crippen LogP contribution in [0.5, 0.6) is 0 Å². The second-order valence-electron chi connectivity index (χ2n) is 7.96. The van der Waals surface area contributed by atoms with Crippen LogP contribution in [0, 0.1) is 24.1 Å². The number of piperidine rings is 1. The van der Waals surface area contributed by atoms with Gasteiger partial charge in [-0.1, -0.05) is 17.3 Å². The van der Waals surface area contributed by atoms with Crippen molar-refractivity contribution in [2.75, 3.05) is 13.1 Å². The second-order valence-corrected chi connectivity index (χ2v) is 12.5. The summed E-state index contributed by atoms with van der Waals surface area (Å²) in [6.07, 6.45) is 6.39. The number of aromatic nitrogens is 1. The predicted octanol–water partition coefficient (Wildman–Crippen LogP) is 1.65. The van der Waals surface area contributed by atoms with Gasteiger partial charge in [-0.05, 0) is 55.3 Å². The molecule has 1 atom stereocenters. The van der Waals surface area contributed by atoms with Crippen LogP contribution in [0.25, 0.3) is 10.2 Å². The summed E-state index contributed by atoms with van der Waals surface area (Å²) in [5, 5.41) is 5.21. The zero-order chi connectivity index (χ0) is 25.4. The third-order valence-electron chi connectivity index (χ3n) is 5.62. The van der Waals surface area contributed by atoms with Crippen LogP contribution in [-0.4, -0.2) is 44.7 Å². The molecule has 1 amide bonds. The Balaban J connectivity index is 1.66. The van der Waals surface area contributed by atoms with Crippen LogP contribution in [0.3, 0.4) is 0 Å². The van der Waals surface area contributed by atoms with E-state index >= 15 is 0 Å². The average molecular weight is 537 g/mol. The summed E-state index contributed by atoms with van der Waals surface area (Å²) in [6, 6.07) is 8.81. The second kappa shape index (κ2) is 9.63. The number of fused-ring (bicyclic) bond motifs is 1. The van der Waals surface area contributed by atoms with Gasteiger partial charge >= 0.3 is 0 Å². The number of terminal acetylenes is 1. The van der Waals surface area contributed by atoms with E-state index in [2.05, 4.69) is 10.9 Å². The van der Waals surface area contributed by atoms with Gasteiger partial charge in [-0.15, -0.1) is 6.42 Å². The Labute approximate surface area is 205 Å². The molecule has 35 heavy (non-hydrogen) atoms. The van der Waals surface area contributed by atoms with Crippen molar-refractivity contribution in [2.45, 2.75) is 29.2 Å². The van der Waals surface area contributed by atoms with E-state index in [1.54, 1.807) is 10.6 Å². The number of amides is 1. The molecule has 3 aromatic rings. The predicted molar refractivity (Wildman–Crippen MR) is 128 cm³/mol. The maximum absolute atomic E-state index is 13.2. The summed E-state index contributed by atoms with van der Waals surface area (Å²) in [6.45, 7) is 0.272. The van der Waals surface area contributed by atoms with Gasteiger partial charge in [-0.2, -0.15) is 9.30 Å². The average Bonchev–Trinajstić information content (AvgIpc) is 3.15. The Kier molecular flexibility index (Phi) is 6.94. The first-order valence-electron chi connectivity index (χ1n) is 10.4. The molecule has 0 radical (unpaired) electrons. The highest BCUT2D eigenvalue weighted by molar-refractivity contribution is 7.89. The molecule has 0 bridgehead atoms. The van der Waals surface area contributed by atoms with Gasteiger partial charge in [0.25, 0.3) is 5.91 Å². The van der Waals surface area contributed by atoms with E-state index in [1.807, 2.05) is 0 Å². The zero-order valence-electron chi connectivity index (χ0n) is 18.3. The molecule has 1 aliphatic rings. The standard InChI is InChI=1S/C22H21FN4O5S3/c1-2-11-27-19-10-9-18(34(24,29)30)13-20(19)33-22(27)25-21(28)15-4-3-12-26(14-15)35(31,32)17-7-5-16(23)6-8-17/h1,5-10,13,15H,3-4,11-12,14H2,(H2,24,29,30). The quantitative estimate of drug-likeness (QED) is 0.496. The number of rotatable bonds is 5. The fraction of sp³-hybridized carbons (Fsp3) is 0.273. The summed E-state index contributed by atoms with van der Waals surface area (Å²) in [7, 11) is -7.82. The van der Waals surface area contributed by atoms with Gasteiger partial charge in [-0.3, -0.25) is 4.79 Å². The number of carbonyl (C=O) groups is 1. The van der Waals surface area contributed by atoms with Crippen LogP contribution in [0.1, 0.15) is 12.8 Å². The van der Waals surface area contributed by atoms with Crippen LogP contribution >= 0.6 is 11.3 Å². The highest BCUT2D eigenvalue weighted by atomic mass is 32.2. The molecule has 4 rings (SSSR count). The van der Waals surface area contributed by atoms with Crippen LogP contribution in [0.4, 0.5) is 4.39 Å². The molecule has 1 unspecified atom stereocenters. The summed E-state index contributed by atoms with van der Waals surface area (Å²) in [5.41, 5.74) is 0.594. The molecule has 13 heteroatoms. The Hall–Kier alpha value is -2.89. The van der Waals surface area contributed by atoms with Crippen molar-refractivity contribution in [2.24, 2.45) is 16.0 Å². The SMILES string of the molecule is C#CCn1c(=NC(=O)C2CCCN(S(=O)(=O)c3ccc(F)cc3)C2)sc2cc(S(N)(=O)=O)ccc21. The molecule has 1 aliphatic heterocycles. The van der Waals surface area contributed by atoms with E-state index in [-0.39, 0.29) is 34.2 Å². The number of hydrogen-bond acceptors (Lipinski definition) is 6. The minimum Gasteiger partial charge on any atom is -0.305 e. The first-order chi connectivity index (χ1) is 16.5. The Morgan fingerprint density at radius 1 is 1.17 bits per heavy atom. The summed E-state index contributed by atoms with van der Waals surface area (Å²) in [5.74, 6) is 0.760. The monoisotopic (exact) mass is 536 g/mol. The highest BCUT2D eigenvalue weighted by Crippen LogP contribution is 2.25. The molecule has 2 N–H and O–H groups in total. The van der Waals surface area contributed by atoms with Crippen molar-refractivity contribution in [3.63, 3.8) is 0 Å². The lowest BCUT2D eigenvalue weighted by Crippen LogP contribution is -2.42. The van der Waals surface area contributed by atoms with E-state index in [4.69, 9.17) is 11.6 Å². The van der Waals surface area contributed by atoms with Gasteiger partial charge in [0.2, 0.25) is 20.0 Å². The van der Waals surface area contributed by atoms with Crippen molar-refractivity contribution < 1.29 is 26.0 Å². The fourth-order valence-electron chi connectivity index (χ4n) is 3.86. The lowest BCUT2D eigenvalue weighted by atomic mass is 9.99. The van der Waals surface area contributed by atoms with Crippen LogP contribution < -0.4 is 9.94 Å². The third kappa shape index (κ3) is 5.21. The van der Waals surface area contributed by atoms with Gasteiger partial charge in [0.05, 0.1) is 32.5 Å². The molecule has 2 heterocycles. The Bertz CT molecular complexity index is 1620. The maximum atomic E-state index is 13.2. The molecule has 1 saturated heterocycles. The first kappa shape index (κ1) is 25.2. The third-order valence-corrected chi connectivity index (χ3v) is 9.45. The lowest BCUT2D eigenvalue weighted by Gasteiger charge is -2.30. The molecular weight excluding hydrogens is 515 g/mol. The Morgan fingerprint density at radius 3 is 2.51 bits per heavy atom. The number of hydrogen-bond donors (Lipinski definition) is 1.